The van der Waals surface area contributed by atoms with Gasteiger partial charge in [0, 0.05) is 12.1 Å². The molecule has 0 aliphatic carbocycles. The van der Waals surface area contributed by atoms with Crippen molar-refractivity contribution in [1.82, 2.24) is 10.2 Å². The summed E-state index contributed by atoms with van der Waals surface area (Å²) in [6.07, 6.45) is 0. The number of aliphatic hydroxyl groups excluding tert-OH is 1. The lowest BCUT2D eigenvalue weighted by molar-refractivity contribution is -0.143. The number of rotatable bonds is 4. The zero-order valence-corrected chi connectivity index (χ0v) is 12.0. The van der Waals surface area contributed by atoms with Gasteiger partial charge in [0.25, 0.3) is 5.91 Å². The normalized spacial score (nSPS) is 19.9. The highest BCUT2D eigenvalue weighted by Gasteiger charge is 2.30. The lowest BCUT2D eigenvalue weighted by atomic mass is 10.1. The summed E-state index contributed by atoms with van der Waals surface area (Å²) < 4.78 is 5.24. The second-order valence-electron chi connectivity index (χ2n) is 5.00. The fraction of sp³-hybridized carbons (Fsp3) is 0.467. The summed E-state index contributed by atoms with van der Waals surface area (Å²) in [6, 6.07) is 7.75. The van der Waals surface area contributed by atoms with Gasteiger partial charge in [-0.1, -0.05) is 18.2 Å². The summed E-state index contributed by atoms with van der Waals surface area (Å²) in [6.45, 7) is 2.69. The highest BCUT2D eigenvalue weighted by Crippen LogP contribution is 2.09. The molecule has 6 heteroatoms. The van der Waals surface area contributed by atoms with Crippen molar-refractivity contribution >= 4 is 11.8 Å². The number of ether oxygens (including phenoxy) is 1. The van der Waals surface area contributed by atoms with Crippen molar-refractivity contribution in [1.29, 1.82) is 0 Å². The van der Waals surface area contributed by atoms with Gasteiger partial charge in [-0.2, -0.15) is 0 Å². The van der Waals surface area contributed by atoms with Crippen molar-refractivity contribution in [3.05, 3.63) is 35.9 Å². The first-order valence-electron chi connectivity index (χ1n) is 6.98. The molecule has 1 aromatic rings. The van der Waals surface area contributed by atoms with Crippen LogP contribution in [-0.4, -0.2) is 60.3 Å². The van der Waals surface area contributed by atoms with Crippen LogP contribution in [0.3, 0.4) is 0 Å². The Bertz CT molecular complexity index is 492. The van der Waals surface area contributed by atoms with E-state index in [9.17, 15) is 14.7 Å². The number of hydrogen-bond donors (Lipinski definition) is 2. The third kappa shape index (κ3) is 3.80. The third-order valence-corrected chi connectivity index (χ3v) is 3.48. The Morgan fingerprint density at radius 3 is 2.81 bits per heavy atom. The summed E-state index contributed by atoms with van der Waals surface area (Å²) in [5.74, 6) is -0.494. The zero-order chi connectivity index (χ0) is 15.2. The first-order chi connectivity index (χ1) is 10.1. The van der Waals surface area contributed by atoms with Crippen LogP contribution >= 0.6 is 0 Å². The van der Waals surface area contributed by atoms with Crippen molar-refractivity contribution in [3.63, 3.8) is 0 Å². The SMILES string of the molecule is CC(NC(=O)c1ccccc1)C(=O)N1CCOCC1CO. The predicted octanol–water partition coefficient (Wildman–Crippen LogP) is 0.0246. The monoisotopic (exact) mass is 292 g/mol. The van der Waals surface area contributed by atoms with E-state index < -0.39 is 6.04 Å². The van der Waals surface area contributed by atoms with Crippen molar-refractivity contribution in [3.8, 4) is 0 Å². The van der Waals surface area contributed by atoms with E-state index >= 15 is 0 Å². The average molecular weight is 292 g/mol. The number of aliphatic hydroxyl groups is 1. The number of carbonyl (C=O) groups excluding carboxylic acids is 2. The molecule has 1 aromatic carbocycles. The molecular weight excluding hydrogens is 272 g/mol. The van der Waals surface area contributed by atoms with Gasteiger partial charge in [0.15, 0.2) is 0 Å². The van der Waals surface area contributed by atoms with Crippen LogP contribution in [0.25, 0.3) is 0 Å². The van der Waals surface area contributed by atoms with Gasteiger partial charge in [-0.3, -0.25) is 9.59 Å². The van der Waals surface area contributed by atoms with Gasteiger partial charge in [0.1, 0.15) is 6.04 Å². The standard InChI is InChI=1S/C15H20N2O4/c1-11(16-14(19)12-5-3-2-4-6-12)15(20)17-7-8-21-10-13(17)9-18/h2-6,11,13,18H,7-10H2,1H3,(H,16,19). The van der Waals surface area contributed by atoms with E-state index in [0.717, 1.165) is 0 Å². The van der Waals surface area contributed by atoms with E-state index in [2.05, 4.69) is 5.32 Å². The summed E-state index contributed by atoms with van der Waals surface area (Å²) in [7, 11) is 0. The quantitative estimate of drug-likeness (QED) is 0.820. The Balaban J connectivity index is 1.97. The van der Waals surface area contributed by atoms with Crippen LogP contribution in [-0.2, 0) is 9.53 Å². The Kier molecular flexibility index (Phi) is 5.30. The maximum atomic E-state index is 12.4. The van der Waals surface area contributed by atoms with Crippen LogP contribution in [0.5, 0.6) is 0 Å². The molecule has 0 radical (unpaired) electrons. The van der Waals surface area contributed by atoms with Gasteiger partial charge in [-0.25, -0.2) is 0 Å². The molecule has 2 amide bonds. The van der Waals surface area contributed by atoms with E-state index in [0.29, 0.717) is 25.3 Å². The number of nitrogens with one attached hydrogen (secondary N) is 1. The highest BCUT2D eigenvalue weighted by molar-refractivity contribution is 5.97. The molecule has 1 aliphatic heterocycles. The maximum Gasteiger partial charge on any atom is 0.251 e. The summed E-state index contributed by atoms with van der Waals surface area (Å²) in [5, 5.41) is 12.0. The summed E-state index contributed by atoms with van der Waals surface area (Å²) in [4.78, 5) is 26.0. The van der Waals surface area contributed by atoms with E-state index in [1.807, 2.05) is 6.07 Å². The van der Waals surface area contributed by atoms with Crippen molar-refractivity contribution in [2.45, 2.75) is 19.0 Å². The Morgan fingerprint density at radius 2 is 2.14 bits per heavy atom. The molecule has 2 N–H and O–H groups in total. The number of benzene rings is 1. The molecule has 0 bridgehead atoms. The van der Waals surface area contributed by atoms with Crippen molar-refractivity contribution in [2.24, 2.45) is 0 Å². The Hall–Kier alpha value is -1.92. The van der Waals surface area contributed by atoms with E-state index in [1.54, 1.807) is 36.1 Å². The predicted molar refractivity (Wildman–Crippen MR) is 76.8 cm³/mol. The fourth-order valence-electron chi connectivity index (χ4n) is 2.28. The van der Waals surface area contributed by atoms with E-state index in [1.165, 1.54) is 0 Å². The third-order valence-electron chi connectivity index (χ3n) is 3.48. The number of hydrogen-bond acceptors (Lipinski definition) is 4. The molecule has 1 heterocycles. The smallest absolute Gasteiger partial charge is 0.251 e. The molecule has 2 unspecified atom stereocenters. The second kappa shape index (κ2) is 7.19. The molecule has 0 aromatic heterocycles. The molecule has 114 valence electrons. The van der Waals surface area contributed by atoms with Crippen LogP contribution in [0.1, 0.15) is 17.3 Å². The van der Waals surface area contributed by atoms with Crippen molar-refractivity contribution < 1.29 is 19.4 Å². The first kappa shape index (κ1) is 15.5. The molecule has 0 saturated carbocycles. The molecule has 6 nitrogen and oxygen atoms in total. The fourth-order valence-corrected chi connectivity index (χ4v) is 2.28. The molecule has 1 aliphatic rings. The molecule has 0 spiro atoms. The molecule has 1 saturated heterocycles. The lowest BCUT2D eigenvalue weighted by Crippen LogP contribution is -2.56. The van der Waals surface area contributed by atoms with Gasteiger partial charge >= 0.3 is 0 Å². The van der Waals surface area contributed by atoms with Gasteiger partial charge in [0.05, 0.1) is 25.9 Å². The van der Waals surface area contributed by atoms with Gasteiger partial charge < -0.3 is 20.1 Å². The van der Waals surface area contributed by atoms with Gasteiger partial charge in [-0.05, 0) is 19.1 Å². The summed E-state index contributed by atoms with van der Waals surface area (Å²) >= 11 is 0. The van der Waals surface area contributed by atoms with Crippen LogP contribution in [0.2, 0.25) is 0 Å². The van der Waals surface area contributed by atoms with E-state index in [4.69, 9.17) is 4.74 Å². The minimum atomic E-state index is -0.648. The number of carbonyl (C=O) groups is 2. The zero-order valence-electron chi connectivity index (χ0n) is 12.0. The average Bonchev–Trinajstić information content (AvgIpc) is 2.54. The van der Waals surface area contributed by atoms with E-state index in [-0.39, 0.29) is 24.5 Å². The molecule has 21 heavy (non-hydrogen) atoms. The van der Waals surface area contributed by atoms with Crippen LogP contribution in [0.4, 0.5) is 0 Å². The van der Waals surface area contributed by atoms with Crippen LogP contribution < -0.4 is 5.32 Å². The molecule has 2 atom stereocenters. The van der Waals surface area contributed by atoms with Crippen LogP contribution in [0.15, 0.2) is 30.3 Å². The number of nitrogens with zero attached hydrogens (tertiary/aromatic N) is 1. The van der Waals surface area contributed by atoms with Crippen molar-refractivity contribution in [2.75, 3.05) is 26.4 Å². The van der Waals surface area contributed by atoms with Gasteiger partial charge in [0.2, 0.25) is 5.91 Å². The minimum absolute atomic E-state index is 0.148. The number of amides is 2. The highest BCUT2D eigenvalue weighted by atomic mass is 16.5. The topological polar surface area (TPSA) is 78.9 Å². The first-order valence-corrected chi connectivity index (χ1v) is 6.98. The largest absolute Gasteiger partial charge is 0.394 e. The molecule has 1 fully saturated rings. The molecule has 2 rings (SSSR count). The number of morpholine rings is 1. The minimum Gasteiger partial charge on any atom is -0.394 e. The van der Waals surface area contributed by atoms with Gasteiger partial charge in [-0.15, -0.1) is 0 Å². The summed E-state index contributed by atoms with van der Waals surface area (Å²) in [5.41, 5.74) is 0.512. The Morgan fingerprint density at radius 1 is 1.43 bits per heavy atom. The molecular formula is C15H20N2O4. The maximum absolute atomic E-state index is 12.4. The Labute approximate surface area is 123 Å². The van der Waals surface area contributed by atoms with Crippen LogP contribution in [0, 0.1) is 0 Å². The second-order valence-corrected chi connectivity index (χ2v) is 5.00. The lowest BCUT2D eigenvalue weighted by Gasteiger charge is -2.36.